The van der Waals surface area contributed by atoms with E-state index >= 15 is 0 Å². The molecule has 0 amide bonds. The summed E-state index contributed by atoms with van der Waals surface area (Å²) in [7, 11) is 0. The van der Waals surface area contributed by atoms with Crippen molar-refractivity contribution in [2.75, 3.05) is 0 Å². The van der Waals surface area contributed by atoms with Gasteiger partial charge in [-0.15, -0.1) is 0 Å². The van der Waals surface area contributed by atoms with Crippen LogP contribution in [0.15, 0.2) is 60.7 Å². The average molecular weight is 833 g/mol. The molecule has 0 N–H and O–H groups in total. The standard InChI is InChI=1S/C26H43NO3.C26H41NO3/c2*1-2-3-4-5-6-7-8-9-10-11-12-13-14-15-16-17-18-19-26(28)24-20-22-25(23-21-24)27(29)30/h20-23H,2-19H2,1H3;9-10,20-23H,2-8,11-19H2,1H3/b;10-9-. The van der Waals surface area contributed by atoms with Crippen molar-refractivity contribution in [3.05, 3.63) is 92.0 Å². The molecule has 0 spiro atoms. The smallest absolute Gasteiger partial charge is 0.269 e. The minimum Gasteiger partial charge on any atom is -0.294 e. The molecule has 0 aliphatic heterocycles. The first-order chi connectivity index (χ1) is 29.3. The van der Waals surface area contributed by atoms with Crippen LogP contribution in [-0.4, -0.2) is 21.4 Å². The molecule has 0 aromatic heterocycles. The highest BCUT2D eigenvalue weighted by atomic mass is 16.6. The van der Waals surface area contributed by atoms with Gasteiger partial charge in [0.1, 0.15) is 0 Å². The van der Waals surface area contributed by atoms with Gasteiger partial charge in [0.25, 0.3) is 11.4 Å². The predicted octanol–water partition coefficient (Wildman–Crippen LogP) is 17.4. The van der Waals surface area contributed by atoms with E-state index < -0.39 is 9.85 Å². The van der Waals surface area contributed by atoms with Crippen LogP contribution in [0.2, 0.25) is 0 Å². The van der Waals surface area contributed by atoms with Gasteiger partial charge in [-0.05, 0) is 62.8 Å². The van der Waals surface area contributed by atoms with Crippen LogP contribution in [0.1, 0.15) is 253 Å². The lowest BCUT2D eigenvalue weighted by Gasteiger charge is -2.04. The summed E-state index contributed by atoms with van der Waals surface area (Å²) >= 11 is 0. The Morgan fingerprint density at radius 1 is 0.383 bits per heavy atom. The molecule has 2 aromatic carbocycles. The van der Waals surface area contributed by atoms with Crippen LogP contribution in [0.3, 0.4) is 0 Å². The fourth-order valence-electron chi connectivity index (χ4n) is 7.55. The predicted molar refractivity (Wildman–Crippen MR) is 252 cm³/mol. The zero-order chi connectivity index (χ0) is 43.7. The number of allylic oxidation sites excluding steroid dienone is 2. The number of benzene rings is 2. The Hall–Kier alpha value is -3.68. The molecule has 0 atom stereocenters. The lowest BCUT2D eigenvalue weighted by molar-refractivity contribution is -0.385. The van der Waals surface area contributed by atoms with Crippen molar-refractivity contribution in [3.8, 4) is 0 Å². The van der Waals surface area contributed by atoms with Gasteiger partial charge in [0.2, 0.25) is 0 Å². The Morgan fingerprint density at radius 3 is 0.867 bits per heavy atom. The van der Waals surface area contributed by atoms with Crippen LogP contribution in [0.5, 0.6) is 0 Å². The molecular formula is C52H84N2O6. The minimum atomic E-state index is -0.443. The maximum atomic E-state index is 12.1. The number of nitrogens with zero attached hydrogens (tertiary/aromatic N) is 2. The number of ketones is 2. The summed E-state index contributed by atoms with van der Waals surface area (Å²) in [5.74, 6) is 0.170. The summed E-state index contributed by atoms with van der Waals surface area (Å²) in [5, 5.41) is 21.3. The third-order valence-corrected chi connectivity index (χ3v) is 11.5. The third kappa shape index (κ3) is 31.2. The van der Waals surface area contributed by atoms with E-state index in [1.165, 1.54) is 204 Å². The van der Waals surface area contributed by atoms with Crippen molar-refractivity contribution in [1.29, 1.82) is 0 Å². The van der Waals surface area contributed by atoms with Crippen LogP contribution in [0, 0.1) is 20.2 Å². The molecule has 0 saturated heterocycles. The largest absolute Gasteiger partial charge is 0.294 e. The van der Waals surface area contributed by atoms with E-state index in [-0.39, 0.29) is 22.9 Å². The number of nitro groups is 2. The van der Waals surface area contributed by atoms with E-state index in [4.69, 9.17) is 0 Å². The van der Waals surface area contributed by atoms with Gasteiger partial charge in [-0.1, -0.05) is 193 Å². The molecule has 338 valence electrons. The summed E-state index contributed by atoms with van der Waals surface area (Å²) in [6.07, 6.45) is 47.3. The number of Topliss-reactive ketones (excluding diaryl/α,β-unsaturated/α-hetero) is 2. The highest BCUT2D eigenvalue weighted by Crippen LogP contribution is 2.19. The highest BCUT2D eigenvalue weighted by Gasteiger charge is 2.10. The quantitative estimate of drug-likeness (QED) is 0.0217. The summed E-state index contributed by atoms with van der Waals surface area (Å²) in [5.41, 5.74) is 1.21. The minimum absolute atomic E-state index is 0.0276. The number of unbranched alkanes of at least 4 members (excludes halogenated alkanes) is 29. The molecular weight excluding hydrogens is 749 g/mol. The van der Waals surface area contributed by atoms with E-state index in [2.05, 4.69) is 26.0 Å². The normalized spacial score (nSPS) is 11.1. The fraction of sp³-hybridized carbons (Fsp3) is 0.692. The number of carbonyl (C=O) groups is 2. The first-order valence-electron chi connectivity index (χ1n) is 24.5. The summed E-state index contributed by atoms with van der Waals surface area (Å²) in [6.45, 7) is 4.53. The molecule has 0 unspecified atom stereocenters. The first kappa shape index (κ1) is 54.3. The number of non-ortho nitro benzene ring substituents is 2. The molecule has 2 aromatic rings. The van der Waals surface area contributed by atoms with Gasteiger partial charge in [0, 0.05) is 48.2 Å². The van der Waals surface area contributed by atoms with Crippen LogP contribution in [0.4, 0.5) is 11.4 Å². The van der Waals surface area contributed by atoms with Gasteiger partial charge in [0.05, 0.1) is 9.85 Å². The molecule has 0 bridgehead atoms. The Labute approximate surface area is 365 Å². The molecule has 8 nitrogen and oxygen atoms in total. The molecule has 60 heavy (non-hydrogen) atoms. The first-order valence-corrected chi connectivity index (χ1v) is 24.5. The topological polar surface area (TPSA) is 120 Å². The maximum absolute atomic E-state index is 12.1. The van der Waals surface area contributed by atoms with E-state index in [1.54, 1.807) is 24.3 Å². The van der Waals surface area contributed by atoms with Gasteiger partial charge >= 0.3 is 0 Å². The van der Waals surface area contributed by atoms with E-state index in [9.17, 15) is 29.8 Å². The molecule has 2 rings (SSSR count). The van der Waals surface area contributed by atoms with Gasteiger partial charge in [-0.2, -0.15) is 0 Å². The van der Waals surface area contributed by atoms with Crippen molar-refractivity contribution < 1.29 is 19.4 Å². The Balaban J connectivity index is 0.000000600. The second-order valence-electron chi connectivity index (χ2n) is 16.9. The van der Waals surface area contributed by atoms with Crippen LogP contribution < -0.4 is 0 Å². The van der Waals surface area contributed by atoms with Gasteiger partial charge in [-0.3, -0.25) is 29.8 Å². The Morgan fingerprint density at radius 2 is 0.617 bits per heavy atom. The highest BCUT2D eigenvalue weighted by molar-refractivity contribution is 5.96. The molecule has 0 radical (unpaired) electrons. The van der Waals surface area contributed by atoms with Crippen LogP contribution in [-0.2, 0) is 0 Å². The number of rotatable bonds is 39. The molecule has 0 aliphatic rings. The fourth-order valence-corrected chi connectivity index (χ4v) is 7.55. The maximum Gasteiger partial charge on any atom is 0.269 e. The number of carbonyl (C=O) groups excluding carboxylic acids is 2. The van der Waals surface area contributed by atoms with Crippen LogP contribution in [0.25, 0.3) is 0 Å². The molecule has 0 saturated carbocycles. The van der Waals surface area contributed by atoms with Crippen molar-refractivity contribution in [1.82, 2.24) is 0 Å². The SMILES string of the molecule is CCCCCCCC/C=C\CCCCCCCCCC(=O)c1ccc([N+](=O)[O-])cc1.CCCCCCCCCCCCCCCCCCCC(=O)c1ccc([N+](=O)[O-])cc1. The Bertz CT molecular complexity index is 1390. The lowest BCUT2D eigenvalue weighted by Crippen LogP contribution is -1.99. The number of nitro benzene ring substituents is 2. The molecule has 0 heterocycles. The summed E-state index contributed by atoms with van der Waals surface area (Å²) in [4.78, 5) is 44.6. The van der Waals surface area contributed by atoms with E-state index in [0.717, 1.165) is 25.7 Å². The number of hydrogen-bond acceptors (Lipinski definition) is 6. The van der Waals surface area contributed by atoms with Gasteiger partial charge in [-0.25, -0.2) is 0 Å². The number of hydrogen-bond donors (Lipinski definition) is 0. The average Bonchev–Trinajstić information content (AvgIpc) is 3.26. The second kappa shape index (κ2) is 39.5. The third-order valence-electron chi connectivity index (χ3n) is 11.5. The van der Waals surface area contributed by atoms with Gasteiger partial charge < -0.3 is 0 Å². The Kier molecular flexibility index (Phi) is 35.7. The molecule has 8 heteroatoms. The van der Waals surface area contributed by atoms with E-state index in [0.29, 0.717) is 24.0 Å². The van der Waals surface area contributed by atoms with E-state index in [1.807, 2.05) is 0 Å². The monoisotopic (exact) mass is 833 g/mol. The van der Waals surface area contributed by atoms with Gasteiger partial charge in [0.15, 0.2) is 11.6 Å². The molecule has 0 aliphatic carbocycles. The van der Waals surface area contributed by atoms with Crippen molar-refractivity contribution in [3.63, 3.8) is 0 Å². The van der Waals surface area contributed by atoms with Crippen molar-refractivity contribution in [2.24, 2.45) is 0 Å². The zero-order valence-corrected chi connectivity index (χ0v) is 38.2. The lowest BCUT2D eigenvalue weighted by atomic mass is 10.0. The summed E-state index contributed by atoms with van der Waals surface area (Å²) < 4.78 is 0. The van der Waals surface area contributed by atoms with Crippen LogP contribution >= 0.6 is 0 Å². The second-order valence-corrected chi connectivity index (χ2v) is 16.9. The zero-order valence-electron chi connectivity index (χ0n) is 38.2. The van der Waals surface area contributed by atoms with Crippen molar-refractivity contribution in [2.45, 2.75) is 232 Å². The summed E-state index contributed by atoms with van der Waals surface area (Å²) in [6, 6.07) is 11.9. The van der Waals surface area contributed by atoms with Crippen molar-refractivity contribution >= 4 is 22.9 Å². The molecule has 0 fully saturated rings.